The average Bonchev–Trinajstić information content (AvgIpc) is 2.39. The van der Waals surface area contributed by atoms with E-state index in [1.165, 1.54) is 0 Å². The summed E-state index contributed by atoms with van der Waals surface area (Å²) in [7, 11) is 1.58. The second-order valence-electron chi connectivity index (χ2n) is 3.48. The van der Waals surface area contributed by atoms with Gasteiger partial charge >= 0.3 is 0 Å². The van der Waals surface area contributed by atoms with Crippen molar-refractivity contribution in [3.63, 3.8) is 0 Å². The first-order chi connectivity index (χ1) is 8.58. The van der Waals surface area contributed by atoms with Crippen LogP contribution in [0.3, 0.4) is 0 Å². The minimum absolute atomic E-state index is 0.0270. The number of nitrogens with zero attached hydrogens (tertiary/aromatic N) is 2. The van der Waals surface area contributed by atoms with E-state index in [1.807, 2.05) is 0 Å². The molecule has 0 aliphatic heterocycles. The lowest BCUT2D eigenvalue weighted by atomic mass is 10.1. The van der Waals surface area contributed by atoms with Crippen LogP contribution < -0.4 is 15.9 Å². The van der Waals surface area contributed by atoms with Crippen molar-refractivity contribution in [2.75, 3.05) is 7.11 Å². The number of hydrazone groups is 1. The van der Waals surface area contributed by atoms with Gasteiger partial charge in [0.25, 0.3) is 0 Å². The predicted octanol–water partition coefficient (Wildman–Crippen LogP) is 1.39. The van der Waals surface area contributed by atoms with Gasteiger partial charge in [0.05, 0.1) is 12.8 Å². The summed E-state index contributed by atoms with van der Waals surface area (Å²) >= 11 is 4.66. The minimum Gasteiger partial charge on any atom is -0.497 e. The van der Waals surface area contributed by atoms with Crippen molar-refractivity contribution in [2.24, 2.45) is 16.0 Å². The summed E-state index contributed by atoms with van der Waals surface area (Å²) in [5.74, 6) is 0.715. The first kappa shape index (κ1) is 14.0. The Morgan fingerprint density at radius 1 is 1.44 bits per heavy atom. The highest BCUT2D eigenvalue weighted by atomic mass is 32.1. The molecule has 0 fully saturated rings. The summed E-state index contributed by atoms with van der Waals surface area (Å²) in [6, 6.07) is 6.48. The number of hydrogen-bond acceptors (Lipinski definition) is 5. The van der Waals surface area contributed by atoms with Crippen LogP contribution in [-0.4, -0.2) is 24.0 Å². The van der Waals surface area contributed by atoms with Gasteiger partial charge in [0, 0.05) is 5.56 Å². The van der Waals surface area contributed by atoms with Gasteiger partial charge in [0.1, 0.15) is 11.8 Å². The molecule has 7 heteroatoms. The monoisotopic (exact) mass is 266 g/mol. The van der Waals surface area contributed by atoms with Crippen molar-refractivity contribution < 1.29 is 4.74 Å². The van der Waals surface area contributed by atoms with Gasteiger partial charge in [-0.05, 0) is 43.4 Å². The van der Waals surface area contributed by atoms with Crippen molar-refractivity contribution in [3.05, 3.63) is 34.7 Å². The summed E-state index contributed by atoms with van der Waals surface area (Å²) in [6.07, 6.45) is 0. The van der Waals surface area contributed by atoms with Crippen LogP contribution in [0.25, 0.3) is 0 Å². The Labute approximate surface area is 110 Å². The molecule has 1 aromatic carbocycles. The van der Waals surface area contributed by atoms with Gasteiger partial charge in [-0.3, -0.25) is 5.43 Å². The fraction of sp³-hybridized carbons (Fsp3) is 0.273. The second-order valence-corrected chi connectivity index (χ2v) is 3.92. The molecule has 6 nitrogen and oxygen atoms in total. The molecular weight excluding hydrogens is 252 g/mol. The number of thiocarbonyl (C=S) groups is 1. The van der Waals surface area contributed by atoms with Gasteiger partial charge in [-0.1, -0.05) is 5.18 Å². The van der Waals surface area contributed by atoms with E-state index in [0.717, 1.165) is 5.56 Å². The minimum atomic E-state index is -0.611. The summed E-state index contributed by atoms with van der Waals surface area (Å²) < 4.78 is 5.05. The van der Waals surface area contributed by atoms with Crippen molar-refractivity contribution in [3.8, 4) is 5.75 Å². The van der Waals surface area contributed by atoms with E-state index in [0.29, 0.717) is 11.5 Å². The molecule has 0 bridgehead atoms. The van der Waals surface area contributed by atoms with Crippen LogP contribution in [0, 0.1) is 4.91 Å². The zero-order valence-corrected chi connectivity index (χ0v) is 10.9. The summed E-state index contributed by atoms with van der Waals surface area (Å²) in [6.45, 7) is 1.64. The molecule has 0 heterocycles. The van der Waals surface area contributed by atoms with Crippen LogP contribution in [0.2, 0.25) is 0 Å². The van der Waals surface area contributed by atoms with Gasteiger partial charge in [-0.15, -0.1) is 0 Å². The summed E-state index contributed by atoms with van der Waals surface area (Å²) in [4.78, 5) is 10.6. The van der Waals surface area contributed by atoms with Crippen molar-refractivity contribution in [2.45, 2.75) is 13.0 Å². The van der Waals surface area contributed by atoms with E-state index in [4.69, 9.17) is 10.5 Å². The quantitative estimate of drug-likeness (QED) is 0.364. The molecule has 0 spiro atoms. The van der Waals surface area contributed by atoms with Crippen molar-refractivity contribution in [1.29, 1.82) is 0 Å². The maximum Gasteiger partial charge on any atom is 0.184 e. The maximum absolute atomic E-state index is 10.6. The molecule has 1 atom stereocenters. The van der Waals surface area contributed by atoms with Gasteiger partial charge < -0.3 is 10.5 Å². The molecule has 0 radical (unpaired) electrons. The molecule has 0 saturated carbocycles. The summed E-state index contributed by atoms with van der Waals surface area (Å²) in [5.41, 5.74) is 8.95. The number of ether oxygens (including phenoxy) is 1. The van der Waals surface area contributed by atoms with Crippen LogP contribution in [0.1, 0.15) is 12.5 Å². The van der Waals surface area contributed by atoms with Crippen molar-refractivity contribution in [1.82, 2.24) is 5.43 Å². The third-order valence-electron chi connectivity index (χ3n) is 2.23. The molecule has 3 N–H and O–H groups in total. The number of nitroso groups, excluding NO2 is 1. The first-order valence-corrected chi connectivity index (χ1v) is 5.59. The van der Waals surface area contributed by atoms with Gasteiger partial charge in [-0.2, -0.15) is 10.0 Å². The Morgan fingerprint density at radius 2 is 2.06 bits per heavy atom. The molecule has 1 aromatic rings. The SMILES string of the molecule is COc1ccc(C(=NNC(N)=S)C(C)N=O)cc1. The lowest BCUT2D eigenvalue weighted by Crippen LogP contribution is -2.28. The number of hydrogen-bond donors (Lipinski definition) is 2. The van der Waals surface area contributed by atoms with Crippen LogP contribution >= 0.6 is 12.2 Å². The maximum atomic E-state index is 10.6. The average molecular weight is 266 g/mol. The fourth-order valence-corrected chi connectivity index (χ4v) is 1.37. The number of nitrogens with two attached hydrogens (primary N) is 1. The molecular formula is C11H14N4O2S. The first-order valence-electron chi connectivity index (χ1n) is 5.18. The molecule has 1 rings (SSSR count). The van der Waals surface area contributed by atoms with Crippen LogP contribution in [0.15, 0.2) is 34.5 Å². The Hall–Kier alpha value is -2.02. The number of benzene rings is 1. The van der Waals surface area contributed by atoms with E-state index < -0.39 is 6.04 Å². The van der Waals surface area contributed by atoms with E-state index in [9.17, 15) is 4.91 Å². The zero-order valence-electron chi connectivity index (χ0n) is 10.1. The van der Waals surface area contributed by atoms with E-state index in [-0.39, 0.29) is 5.11 Å². The molecule has 0 aromatic heterocycles. The standard InChI is InChI=1S/C11H14N4O2S/c1-7(15-16)10(13-14-11(12)18)8-3-5-9(17-2)6-4-8/h3-7H,1-2H3,(H3,12,14,18). The molecule has 96 valence electrons. The lowest BCUT2D eigenvalue weighted by molar-refractivity contribution is 0.415. The van der Waals surface area contributed by atoms with E-state index in [1.54, 1.807) is 38.3 Å². The Kier molecular flexibility index (Phi) is 5.19. The zero-order chi connectivity index (χ0) is 13.5. The third kappa shape index (κ3) is 3.77. The van der Waals surface area contributed by atoms with Gasteiger partial charge in [0.15, 0.2) is 5.11 Å². The highest BCUT2D eigenvalue weighted by molar-refractivity contribution is 7.80. The highest BCUT2D eigenvalue weighted by Gasteiger charge is 2.14. The fourth-order valence-electron chi connectivity index (χ4n) is 1.33. The molecule has 1 unspecified atom stereocenters. The van der Waals surface area contributed by atoms with Crippen LogP contribution in [-0.2, 0) is 0 Å². The number of methoxy groups -OCH3 is 1. The smallest absolute Gasteiger partial charge is 0.184 e. The normalized spacial score (nSPS) is 12.7. The highest BCUT2D eigenvalue weighted by Crippen LogP contribution is 2.14. The van der Waals surface area contributed by atoms with Gasteiger partial charge in [0.2, 0.25) is 0 Å². The van der Waals surface area contributed by atoms with Crippen LogP contribution in [0.4, 0.5) is 0 Å². The van der Waals surface area contributed by atoms with Crippen molar-refractivity contribution >= 4 is 23.0 Å². The van der Waals surface area contributed by atoms with Crippen LogP contribution in [0.5, 0.6) is 5.75 Å². The number of rotatable bonds is 5. The largest absolute Gasteiger partial charge is 0.497 e. The second kappa shape index (κ2) is 6.65. The third-order valence-corrected chi connectivity index (χ3v) is 2.32. The van der Waals surface area contributed by atoms with Gasteiger partial charge in [-0.25, -0.2) is 0 Å². The Bertz CT molecular complexity index is 459. The Morgan fingerprint density at radius 3 is 2.50 bits per heavy atom. The van der Waals surface area contributed by atoms with E-state index >= 15 is 0 Å². The molecule has 18 heavy (non-hydrogen) atoms. The summed E-state index contributed by atoms with van der Waals surface area (Å²) in [5, 5.41) is 6.96. The molecule has 0 aliphatic carbocycles. The molecule has 0 aliphatic rings. The molecule has 0 amide bonds. The number of nitrogens with one attached hydrogen (secondary N) is 1. The molecule has 0 saturated heterocycles. The predicted molar refractivity (Wildman–Crippen MR) is 74.7 cm³/mol. The lowest BCUT2D eigenvalue weighted by Gasteiger charge is -2.09. The topological polar surface area (TPSA) is 89.1 Å². The Balaban J connectivity index is 3.04. The van der Waals surface area contributed by atoms with E-state index in [2.05, 4.69) is 27.9 Å².